The molecule has 0 bridgehead atoms. The molecule has 0 radical (unpaired) electrons. The van der Waals surface area contributed by atoms with Gasteiger partial charge in [-0.2, -0.15) is 0 Å². The summed E-state index contributed by atoms with van der Waals surface area (Å²) < 4.78 is 5.39. The molecule has 1 amide bonds. The van der Waals surface area contributed by atoms with Crippen LogP contribution in [0.1, 0.15) is 24.3 Å². The molecule has 5 heteroatoms. The number of hydrogen-bond donors (Lipinski definition) is 0. The molecule has 0 saturated carbocycles. The first-order valence-corrected chi connectivity index (χ1v) is 7.14. The van der Waals surface area contributed by atoms with E-state index in [0.717, 1.165) is 5.33 Å². The summed E-state index contributed by atoms with van der Waals surface area (Å²) in [7, 11) is 0. The Balaban J connectivity index is 2.59. The molecule has 18 heavy (non-hydrogen) atoms. The fourth-order valence-electron chi connectivity index (χ4n) is 1.55. The topological polar surface area (TPSA) is 42.4 Å². The molecule has 0 aromatic carbocycles. The molecular weight excluding hydrogens is 296 g/mol. The lowest BCUT2D eigenvalue weighted by molar-refractivity contribution is 0.0591. The molecule has 1 rings (SSSR count). The fraction of sp³-hybridized carbons (Fsp3) is 0.538. The number of halogens is 1. The number of rotatable bonds is 7. The Kier molecular flexibility index (Phi) is 6.90. The van der Waals surface area contributed by atoms with Gasteiger partial charge in [-0.3, -0.25) is 9.78 Å². The average molecular weight is 315 g/mol. The van der Waals surface area contributed by atoms with Gasteiger partial charge in [0.2, 0.25) is 0 Å². The number of amides is 1. The van der Waals surface area contributed by atoms with E-state index < -0.39 is 0 Å². The number of pyridine rings is 1. The van der Waals surface area contributed by atoms with Crippen LogP contribution in [0.3, 0.4) is 0 Å². The summed E-state index contributed by atoms with van der Waals surface area (Å²) in [6.07, 6.45) is 1.63. The Bertz CT molecular complexity index is 357. The van der Waals surface area contributed by atoms with E-state index in [-0.39, 0.29) is 11.9 Å². The van der Waals surface area contributed by atoms with Crippen molar-refractivity contribution in [2.75, 3.05) is 25.1 Å². The van der Waals surface area contributed by atoms with Gasteiger partial charge in [-0.15, -0.1) is 0 Å². The number of alkyl halides is 1. The quantitative estimate of drug-likeness (QED) is 0.573. The van der Waals surface area contributed by atoms with Gasteiger partial charge in [0.1, 0.15) is 5.69 Å². The van der Waals surface area contributed by atoms with E-state index in [9.17, 15) is 4.79 Å². The van der Waals surface area contributed by atoms with Crippen LogP contribution in [0.25, 0.3) is 0 Å². The van der Waals surface area contributed by atoms with Gasteiger partial charge in [0, 0.05) is 24.1 Å². The predicted octanol–water partition coefficient (Wildman–Crippen LogP) is 2.34. The molecule has 0 fully saturated rings. The smallest absolute Gasteiger partial charge is 0.272 e. The summed E-state index contributed by atoms with van der Waals surface area (Å²) in [6.45, 7) is 5.77. The first-order chi connectivity index (χ1) is 8.66. The summed E-state index contributed by atoms with van der Waals surface area (Å²) in [4.78, 5) is 18.1. The normalized spacial score (nSPS) is 10.7. The summed E-state index contributed by atoms with van der Waals surface area (Å²) in [5.41, 5.74) is 0.478. The van der Waals surface area contributed by atoms with Crippen LogP contribution in [0.15, 0.2) is 24.4 Å². The van der Waals surface area contributed by atoms with Crippen LogP contribution in [-0.2, 0) is 4.74 Å². The van der Waals surface area contributed by atoms with Crippen LogP contribution in [0.5, 0.6) is 0 Å². The minimum absolute atomic E-state index is 0.0481. The van der Waals surface area contributed by atoms with Crippen molar-refractivity contribution in [3.05, 3.63) is 30.1 Å². The summed E-state index contributed by atoms with van der Waals surface area (Å²) in [5.74, 6) is -0.0481. The zero-order valence-electron chi connectivity index (χ0n) is 10.8. The Morgan fingerprint density at radius 3 is 2.78 bits per heavy atom. The third-order valence-electron chi connectivity index (χ3n) is 2.47. The zero-order valence-corrected chi connectivity index (χ0v) is 12.4. The molecule has 0 aliphatic heterocycles. The molecule has 0 spiro atoms. The first-order valence-electron chi connectivity index (χ1n) is 6.02. The summed E-state index contributed by atoms with van der Waals surface area (Å²) >= 11 is 3.30. The molecule has 1 aromatic rings. The number of hydrogen-bond acceptors (Lipinski definition) is 3. The van der Waals surface area contributed by atoms with Crippen LogP contribution in [0.2, 0.25) is 0 Å². The van der Waals surface area contributed by atoms with Crippen LogP contribution in [0, 0.1) is 0 Å². The average Bonchev–Trinajstić information content (AvgIpc) is 2.39. The van der Waals surface area contributed by atoms with Gasteiger partial charge in [0.05, 0.1) is 13.2 Å². The van der Waals surface area contributed by atoms with Crippen LogP contribution >= 0.6 is 15.9 Å². The fourth-order valence-corrected chi connectivity index (χ4v) is 1.78. The van der Waals surface area contributed by atoms with Gasteiger partial charge >= 0.3 is 0 Å². The number of ether oxygens (including phenoxy) is 1. The van der Waals surface area contributed by atoms with E-state index >= 15 is 0 Å². The highest BCUT2D eigenvalue weighted by Crippen LogP contribution is 2.06. The van der Waals surface area contributed by atoms with E-state index in [1.807, 2.05) is 19.9 Å². The van der Waals surface area contributed by atoms with Crippen molar-refractivity contribution < 1.29 is 9.53 Å². The van der Waals surface area contributed by atoms with Crippen molar-refractivity contribution in [1.82, 2.24) is 9.88 Å². The summed E-state index contributed by atoms with van der Waals surface area (Å²) in [5, 5.41) is 0.808. The van der Waals surface area contributed by atoms with Crippen molar-refractivity contribution in [2.24, 2.45) is 0 Å². The number of nitrogens with zero attached hydrogens (tertiary/aromatic N) is 2. The Hall–Kier alpha value is -0.940. The first kappa shape index (κ1) is 15.1. The van der Waals surface area contributed by atoms with E-state index in [4.69, 9.17) is 4.74 Å². The van der Waals surface area contributed by atoms with Crippen molar-refractivity contribution in [1.29, 1.82) is 0 Å². The Morgan fingerprint density at radius 2 is 2.22 bits per heavy atom. The highest BCUT2D eigenvalue weighted by Gasteiger charge is 2.19. The third-order valence-corrected chi connectivity index (χ3v) is 2.79. The SMILES string of the molecule is CC(C)N(CCOCCBr)C(=O)c1ccccn1. The number of carbonyl (C=O) groups excluding carboxylic acids is 1. The predicted molar refractivity (Wildman–Crippen MR) is 75.0 cm³/mol. The van der Waals surface area contributed by atoms with Crippen molar-refractivity contribution >= 4 is 21.8 Å². The molecule has 0 aliphatic carbocycles. The van der Waals surface area contributed by atoms with E-state index in [0.29, 0.717) is 25.5 Å². The summed E-state index contributed by atoms with van der Waals surface area (Å²) in [6, 6.07) is 5.49. The second-order valence-electron chi connectivity index (χ2n) is 4.11. The zero-order chi connectivity index (χ0) is 13.4. The molecule has 1 aromatic heterocycles. The molecule has 0 aliphatic rings. The molecular formula is C13H19BrN2O2. The lowest BCUT2D eigenvalue weighted by Gasteiger charge is -2.26. The highest BCUT2D eigenvalue weighted by atomic mass is 79.9. The van der Waals surface area contributed by atoms with E-state index in [1.54, 1.807) is 23.2 Å². The standard InChI is InChI=1S/C13H19BrN2O2/c1-11(2)16(8-10-18-9-6-14)13(17)12-5-3-4-7-15-12/h3-5,7,11H,6,8-10H2,1-2H3. The maximum Gasteiger partial charge on any atom is 0.272 e. The molecule has 4 nitrogen and oxygen atoms in total. The molecule has 0 N–H and O–H groups in total. The number of aromatic nitrogens is 1. The van der Waals surface area contributed by atoms with Gasteiger partial charge < -0.3 is 9.64 Å². The van der Waals surface area contributed by atoms with Crippen molar-refractivity contribution in [3.63, 3.8) is 0 Å². The van der Waals surface area contributed by atoms with Gasteiger partial charge in [-0.1, -0.05) is 22.0 Å². The molecule has 0 saturated heterocycles. The third kappa shape index (κ3) is 4.74. The molecule has 0 unspecified atom stereocenters. The van der Waals surface area contributed by atoms with Crippen LogP contribution < -0.4 is 0 Å². The molecule has 1 heterocycles. The van der Waals surface area contributed by atoms with Crippen molar-refractivity contribution in [2.45, 2.75) is 19.9 Å². The second kappa shape index (κ2) is 8.21. The minimum atomic E-state index is -0.0481. The van der Waals surface area contributed by atoms with Crippen LogP contribution in [0.4, 0.5) is 0 Å². The van der Waals surface area contributed by atoms with Gasteiger partial charge in [0.15, 0.2) is 0 Å². The van der Waals surface area contributed by atoms with Gasteiger partial charge in [-0.25, -0.2) is 0 Å². The molecule has 0 atom stereocenters. The van der Waals surface area contributed by atoms with E-state index in [1.165, 1.54) is 0 Å². The maximum absolute atomic E-state index is 12.2. The Labute approximate surface area is 116 Å². The van der Waals surface area contributed by atoms with E-state index in [2.05, 4.69) is 20.9 Å². The second-order valence-corrected chi connectivity index (χ2v) is 4.90. The number of carbonyl (C=O) groups is 1. The minimum Gasteiger partial charge on any atom is -0.379 e. The monoisotopic (exact) mass is 314 g/mol. The van der Waals surface area contributed by atoms with Gasteiger partial charge in [-0.05, 0) is 26.0 Å². The largest absolute Gasteiger partial charge is 0.379 e. The molecule has 100 valence electrons. The van der Waals surface area contributed by atoms with Crippen molar-refractivity contribution in [3.8, 4) is 0 Å². The highest BCUT2D eigenvalue weighted by molar-refractivity contribution is 9.09. The van der Waals surface area contributed by atoms with Crippen LogP contribution in [-0.4, -0.2) is 46.9 Å². The maximum atomic E-state index is 12.2. The van der Waals surface area contributed by atoms with Gasteiger partial charge in [0.25, 0.3) is 5.91 Å². The lowest BCUT2D eigenvalue weighted by atomic mass is 10.2. The Morgan fingerprint density at radius 1 is 1.44 bits per heavy atom. The lowest BCUT2D eigenvalue weighted by Crippen LogP contribution is -2.39.